The molecule has 41 heavy (non-hydrogen) atoms. The Hall–Kier alpha value is -5.08. The molecule has 0 fully saturated rings. The number of nitrogens with zero attached hydrogens (tertiary/aromatic N) is 2. The molecule has 0 aliphatic rings. The molecule has 0 spiro atoms. The molecule has 0 unspecified atom stereocenters. The average Bonchev–Trinajstić information content (AvgIpc) is 3.49. The summed E-state index contributed by atoms with van der Waals surface area (Å²) in [5.74, 6) is 0. The second-order valence-corrected chi connectivity index (χ2v) is 11.4. The van der Waals surface area contributed by atoms with Gasteiger partial charge in [0.05, 0.1) is 22.1 Å². The number of para-hydroxylation sites is 2. The van der Waals surface area contributed by atoms with Gasteiger partial charge in [0.1, 0.15) is 0 Å². The van der Waals surface area contributed by atoms with Crippen molar-refractivity contribution in [2.45, 2.75) is 20.8 Å². The number of benzene rings is 6. The highest BCUT2D eigenvalue weighted by molar-refractivity contribution is 6.11. The molecule has 0 atom stereocenters. The number of fused-ring (bicyclic) bond motifs is 6. The van der Waals surface area contributed by atoms with Gasteiger partial charge >= 0.3 is 0 Å². The molecule has 0 saturated carbocycles. The maximum atomic E-state index is 2.43. The van der Waals surface area contributed by atoms with Gasteiger partial charge in [0.15, 0.2) is 0 Å². The fourth-order valence-electron chi connectivity index (χ4n) is 6.60. The summed E-state index contributed by atoms with van der Waals surface area (Å²) < 4.78 is 4.80. The number of aromatic nitrogens is 2. The third-order valence-corrected chi connectivity index (χ3v) is 8.42. The maximum absolute atomic E-state index is 2.43. The molecule has 0 amide bonds. The van der Waals surface area contributed by atoms with Gasteiger partial charge < -0.3 is 9.13 Å². The Morgan fingerprint density at radius 1 is 0.341 bits per heavy atom. The molecule has 8 rings (SSSR count). The lowest BCUT2D eigenvalue weighted by molar-refractivity contribution is 1.17. The number of hydrogen-bond donors (Lipinski definition) is 0. The second-order valence-electron chi connectivity index (χ2n) is 11.4. The SMILES string of the molecule is Cc1cc(-c2ccc3c(c2)c2ccccc2n3-c2ccccc2)cc(-n2c3ccc(C)cc3c3cc(C)ccc32)c1. The zero-order chi connectivity index (χ0) is 27.7. The van der Waals surface area contributed by atoms with E-state index in [2.05, 4.69) is 157 Å². The van der Waals surface area contributed by atoms with Crippen LogP contribution in [-0.2, 0) is 0 Å². The third kappa shape index (κ3) is 3.72. The van der Waals surface area contributed by atoms with Crippen molar-refractivity contribution in [3.05, 3.63) is 144 Å². The molecule has 0 aliphatic heterocycles. The van der Waals surface area contributed by atoms with Crippen LogP contribution in [0.2, 0.25) is 0 Å². The lowest BCUT2D eigenvalue weighted by Gasteiger charge is -2.13. The monoisotopic (exact) mass is 526 g/mol. The maximum Gasteiger partial charge on any atom is 0.0541 e. The molecule has 0 N–H and O–H groups in total. The van der Waals surface area contributed by atoms with E-state index in [4.69, 9.17) is 0 Å². The van der Waals surface area contributed by atoms with Crippen molar-refractivity contribution in [1.29, 1.82) is 0 Å². The van der Waals surface area contributed by atoms with Crippen molar-refractivity contribution < 1.29 is 0 Å². The van der Waals surface area contributed by atoms with Crippen LogP contribution in [0.4, 0.5) is 0 Å². The quantitative estimate of drug-likeness (QED) is 0.217. The van der Waals surface area contributed by atoms with E-state index >= 15 is 0 Å². The van der Waals surface area contributed by atoms with Gasteiger partial charge in [-0.3, -0.25) is 0 Å². The summed E-state index contributed by atoms with van der Waals surface area (Å²) in [6, 6.07) is 46.9. The Kier molecular flexibility index (Phi) is 5.20. The topological polar surface area (TPSA) is 9.86 Å². The van der Waals surface area contributed by atoms with Crippen LogP contribution in [0.15, 0.2) is 127 Å². The van der Waals surface area contributed by atoms with Crippen LogP contribution in [0, 0.1) is 20.8 Å². The van der Waals surface area contributed by atoms with Crippen molar-refractivity contribution in [3.8, 4) is 22.5 Å². The van der Waals surface area contributed by atoms with Crippen molar-refractivity contribution >= 4 is 43.6 Å². The normalized spacial score (nSPS) is 11.8. The lowest BCUT2D eigenvalue weighted by Crippen LogP contribution is -1.96. The summed E-state index contributed by atoms with van der Waals surface area (Å²) in [7, 11) is 0. The fourth-order valence-corrected chi connectivity index (χ4v) is 6.60. The molecule has 2 heteroatoms. The van der Waals surface area contributed by atoms with Gasteiger partial charge in [-0.2, -0.15) is 0 Å². The van der Waals surface area contributed by atoms with Crippen LogP contribution < -0.4 is 0 Å². The summed E-state index contributed by atoms with van der Waals surface area (Å²) in [6.07, 6.45) is 0. The molecule has 2 aromatic heterocycles. The second kappa shape index (κ2) is 8.97. The van der Waals surface area contributed by atoms with E-state index < -0.39 is 0 Å². The Balaban J connectivity index is 1.36. The van der Waals surface area contributed by atoms with Gasteiger partial charge in [0.2, 0.25) is 0 Å². The molecular formula is C39H30N2. The number of aryl methyl sites for hydroxylation is 3. The van der Waals surface area contributed by atoms with Crippen molar-refractivity contribution in [2.24, 2.45) is 0 Å². The van der Waals surface area contributed by atoms with E-state index in [0.29, 0.717) is 0 Å². The Labute approximate surface area is 239 Å². The first-order chi connectivity index (χ1) is 20.0. The van der Waals surface area contributed by atoms with Crippen LogP contribution >= 0.6 is 0 Å². The molecule has 6 aromatic carbocycles. The van der Waals surface area contributed by atoms with Gasteiger partial charge in [0, 0.05) is 32.9 Å². The average molecular weight is 527 g/mol. The van der Waals surface area contributed by atoms with Crippen molar-refractivity contribution in [1.82, 2.24) is 9.13 Å². The molecule has 8 aromatic rings. The van der Waals surface area contributed by atoms with E-state index in [0.717, 1.165) is 0 Å². The van der Waals surface area contributed by atoms with E-state index in [1.165, 1.54) is 82.8 Å². The highest BCUT2D eigenvalue weighted by Crippen LogP contribution is 2.37. The van der Waals surface area contributed by atoms with Crippen LogP contribution in [0.5, 0.6) is 0 Å². The molecule has 0 radical (unpaired) electrons. The lowest BCUT2D eigenvalue weighted by atomic mass is 10.00. The first-order valence-electron chi connectivity index (χ1n) is 14.3. The molecular weight excluding hydrogens is 496 g/mol. The summed E-state index contributed by atoms with van der Waals surface area (Å²) in [6.45, 7) is 6.55. The molecule has 2 heterocycles. The van der Waals surface area contributed by atoms with Crippen molar-refractivity contribution in [2.75, 3.05) is 0 Å². The molecule has 196 valence electrons. The Bertz CT molecular complexity index is 2220. The zero-order valence-corrected chi connectivity index (χ0v) is 23.5. The predicted octanol–water partition coefficient (Wildman–Crippen LogP) is 10.5. The summed E-state index contributed by atoms with van der Waals surface area (Å²) in [5.41, 5.74) is 13.6. The van der Waals surface area contributed by atoms with E-state index in [9.17, 15) is 0 Å². The summed E-state index contributed by atoms with van der Waals surface area (Å²) in [4.78, 5) is 0. The fraction of sp³-hybridized carbons (Fsp3) is 0.0769. The zero-order valence-electron chi connectivity index (χ0n) is 23.5. The standard InChI is InChI=1S/C39H30N2/c1-25-13-16-37-33(21-25)34-22-26(2)14-17-38(34)41(37)31-20-27(3)19-29(23-31)28-15-18-39-35(24-28)32-11-7-8-12-36(32)40(39)30-9-5-4-6-10-30/h4-24H,1-3H3. The minimum Gasteiger partial charge on any atom is -0.309 e. The minimum absolute atomic E-state index is 1.18. The van der Waals surface area contributed by atoms with Gasteiger partial charge in [0.25, 0.3) is 0 Å². The summed E-state index contributed by atoms with van der Waals surface area (Å²) >= 11 is 0. The van der Waals surface area contributed by atoms with Gasteiger partial charge in [-0.25, -0.2) is 0 Å². The first kappa shape index (κ1) is 23.8. The summed E-state index contributed by atoms with van der Waals surface area (Å²) in [5, 5.41) is 5.16. The molecule has 0 saturated heterocycles. The highest BCUT2D eigenvalue weighted by atomic mass is 15.0. The third-order valence-electron chi connectivity index (χ3n) is 8.42. The number of rotatable bonds is 3. The molecule has 0 bridgehead atoms. The van der Waals surface area contributed by atoms with E-state index in [1.807, 2.05) is 0 Å². The van der Waals surface area contributed by atoms with Crippen molar-refractivity contribution in [3.63, 3.8) is 0 Å². The molecule has 2 nitrogen and oxygen atoms in total. The van der Waals surface area contributed by atoms with Crippen LogP contribution in [0.25, 0.3) is 66.1 Å². The van der Waals surface area contributed by atoms with Crippen LogP contribution in [-0.4, -0.2) is 9.13 Å². The largest absolute Gasteiger partial charge is 0.309 e. The highest BCUT2D eigenvalue weighted by Gasteiger charge is 2.16. The van der Waals surface area contributed by atoms with E-state index in [-0.39, 0.29) is 0 Å². The van der Waals surface area contributed by atoms with E-state index in [1.54, 1.807) is 0 Å². The van der Waals surface area contributed by atoms with Crippen LogP contribution in [0.1, 0.15) is 16.7 Å². The Morgan fingerprint density at radius 3 is 1.61 bits per heavy atom. The predicted molar refractivity (Wildman–Crippen MR) is 175 cm³/mol. The minimum atomic E-state index is 1.18. The van der Waals surface area contributed by atoms with Gasteiger partial charge in [-0.1, -0.05) is 71.8 Å². The first-order valence-corrected chi connectivity index (χ1v) is 14.3. The number of hydrogen-bond acceptors (Lipinski definition) is 0. The molecule has 0 aliphatic carbocycles. The smallest absolute Gasteiger partial charge is 0.0541 e. The Morgan fingerprint density at radius 2 is 0.902 bits per heavy atom. The van der Waals surface area contributed by atoms with Crippen LogP contribution in [0.3, 0.4) is 0 Å². The van der Waals surface area contributed by atoms with Gasteiger partial charge in [-0.15, -0.1) is 0 Å². The van der Waals surface area contributed by atoms with Gasteiger partial charge in [-0.05, 0) is 104 Å².